The smallest absolute Gasteiger partial charge is 0.132 e. The number of ketones is 5. The summed E-state index contributed by atoms with van der Waals surface area (Å²) in [6, 6.07) is 0. The van der Waals surface area contributed by atoms with Crippen molar-refractivity contribution >= 4 is 28.9 Å². The van der Waals surface area contributed by atoms with E-state index in [-0.39, 0.29) is 0 Å². The monoisotopic (exact) mass is 1190 g/mol. The molecule has 5 aliphatic carbocycles. The van der Waals surface area contributed by atoms with Gasteiger partial charge in [-0.25, -0.2) is 0 Å². The summed E-state index contributed by atoms with van der Waals surface area (Å²) in [5.74, 6) is 2.55. The molecule has 0 aliphatic heterocycles. The van der Waals surface area contributed by atoms with Gasteiger partial charge in [-0.1, -0.05) is 334 Å². The second-order valence-electron chi connectivity index (χ2n) is 26.9. The molecule has 0 heterocycles. The van der Waals surface area contributed by atoms with Gasteiger partial charge in [-0.05, 0) is 64.2 Å². The van der Waals surface area contributed by atoms with Crippen molar-refractivity contribution in [3.63, 3.8) is 0 Å². The van der Waals surface area contributed by atoms with Crippen LogP contribution < -0.4 is 0 Å². The molecule has 0 aromatic rings. The summed E-state index contributed by atoms with van der Waals surface area (Å²) in [5, 5.41) is 0. The van der Waals surface area contributed by atoms with Crippen LogP contribution in [0.1, 0.15) is 449 Å². The van der Waals surface area contributed by atoms with Crippen LogP contribution in [0.4, 0.5) is 0 Å². The van der Waals surface area contributed by atoms with E-state index in [9.17, 15) is 24.0 Å². The van der Waals surface area contributed by atoms with Gasteiger partial charge in [-0.2, -0.15) is 0 Å². The molecule has 0 radical (unpaired) electrons. The largest absolute Gasteiger partial charge is 0.474 e. The maximum Gasteiger partial charge on any atom is 0.132 e. The van der Waals surface area contributed by atoms with E-state index in [1.54, 1.807) is 0 Å². The van der Waals surface area contributed by atoms with E-state index in [0.29, 0.717) is 28.9 Å². The Morgan fingerprint density at radius 3 is 0.282 bits per heavy atom. The number of ether oxygens (including phenoxy) is 1. The summed E-state index contributed by atoms with van der Waals surface area (Å²) in [7, 11) is 0. The van der Waals surface area contributed by atoms with Gasteiger partial charge < -0.3 is 4.74 Å². The van der Waals surface area contributed by atoms with Gasteiger partial charge in [-0.15, -0.1) is 0 Å². The van der Waals surface area contributed by atoms with E-state index in [0.717, 1.165) is 128 Å². The topological polar surface area (TPSA) is 94.6 Å². The third-order valence-electron chi connectivity index (χ3n) is 18.5. The number of Topliss-reactive ketones (excluding diaryl/α,β-unsaturated/α-hetero) is 5. The predicted molar refractivity (Wildman–Crippen MR) is 370 cm³/mol. The molecule has 0 spiro atoms. The first-order chi connectivity index (χ1) is 41.9. The molecule has 0 saturated heterocycles. The van der Waals surface area contributed by atoms with E-state index in [1.165, 1.54) is 334 Å². The molecule has 0 aromatic carbocycles. The van der Waals surface area contributed by atoms with E-state index >= 15 is 0 Å². The van der Waals surface area contributed by atoms with Gasteiger partial charge in [0.15, 0.2) is 0 Å². The third kappa shape index (κ3) is 72.3. The van der Waals surface area contributed by atoms with Crippen molar-refractivity contribution in [1.82, 2.24) is 0 Å². The van der Waals surface area contributed by atoms with Crippen molar-refractivity contribution < 1.29 is 28.7 Å². The average molecular weight is 1190 g/mol. The van der Waals surface area contributed by atoms with Crippen LogP contribution in [0.3, 0.4) is 0 Å². The molecule has 0 bridgehead atoms. The standard InChI is InChI=1S/5C15H28O.C4H6O/c5*16-15-13-11-9-7-5-3-1-2-4-6-8-10-12-14-15;1-3-5-4-2/h5*1-14H2;3-4H,1-2H2. The van der Waals surface area contributed by atoms with Crippen LogP contribution in [-0.2, 0) is 28.7 Å². The lowest BCUT2D eigenvalue weighted by Crippen LogP contribution is -1.97. The summed E-state index contributed by atoms with van der Waals surface area (Å²) in [6.07, 6.45) is 90.8. The molecule has 498 valence electrons. The number of rotatable bonds is 2. The van der Waals surface area contributed by atoms with Crippen molar-refractivity contribution in [3.05, 3.63) is 25.7 Å². The summed E-state index contributed by atoms with van der Waals surface area (Å²) in [6.45, 7) is 6.51. The Bertz CT molecular complexity index is 1120. The zero-order valence-electron chi connectivity index (χ0n) is 57.0. The number of hydrogen-bond acceptors (Lipinski definition) is 6. The van der Waals surface area contributed by atoms with Gasteiger partial charge in [0.1, 0.15) is 28.9 Å². The molecular formula is C79H146O6. The van der Waals surface area contributed by atoms with Crippen LogP contribution in [0.5, 0.6) is 0 Å². The average Bonchev–Trinajstić information content (AvgIpc) is 3.54. The lowest BCUT2D eigenvalue weighted by molar-refractivity contribution is -0.120. The third-order valence-corrected chi connectivity index (χ3v) is 18.5. The Kier molecular flexibility index (Phi) is 70.4. The SMILES string of the molecule is C=COC=C.O=C1CCCCCCCCCCCCCC1.O=C1CCCCCCCCCCCCCC1.O=C1CCCCCCCCCCCCCC1.O=C1CCCCCCCCCCCCCC1.O=C1CCCCCCCCCCCCCC1. The number of carbonyl (C=O) groups is 5. The first-order valence-corrected chi connectivity index (χ1v) is 38.3. The molecule has 0 N–H and O–H groups in total. The van der Waals surface area contributed by atoms with Gasteiger partial charge in [0.05, 0.1) is 12.5 Å². The Hall–Kier alpha value is -2.37. The molecule has 0 atom stereocenters. The van der Waals surface area contributed by atoms with E-state index in [1.807, 2.05) is 0 Å². The molecule has 5 saturated carbocycles. The lowest BCUT2D eigenvalue weighted by Gasteiger charge is -2.01. The molecule has 5 fully saturated rings. The fourth-order valence-electron chi connectivity index (χ4n) is 12.8. The van der Waals surface area contributed by atoms with Crippen LogP contribution in [0, 0.1) is 0 Å². The maximum atomic E-state index is 11.5. The van der Waals surface area contributed by atoms with Crippen LogP contribution in [0.15, 0.2) is 25.7 Å². The summed E-state index contributed by atoms with van der Waals surface area (Å²) in [4.78, 5) is 57.6. The highest BCUT2D eigenvalue weighted by Gasteiger charge is 2.08. The lowest BCUT2D eigenvalue weighted by atomic mass is 10.0. The van der Waals surface area contributed by atoms with Crippen LogP contribution in [0.2, 0.25) is 0 Å². The minimum atomic E-state index is 0.509. The second kappa shape index (κ2) is 72.4. The molecule has 0 unspecified atom stereocenters. The van der Waals surface area contributed by atoms with Gasteiger partial charge in [0.2, 0.25) is 0 Å². The molecule has 5 rings (SSSR count). The van der Waals surface area contributed by atoms with Gasteiger partial charge in [0, 0.05) is 64.2 Å². The molecule has 85 heavy (non-hydrogen) atoms. The Morgan fingerprint density at radius 1 is 0.153 bits per heavy atom. The molecule has 0 amide bonds. The van der Waals surface area contributed by atoms with Crippen LogP contribution in [0.25, 0.3) is 0 Å². The molecule has 6 nitrogen and oxygen atoms in total. The van der Waals surface area contributed by atoms with Crippen LogP contribution >= 0.6 is 0 Å². The minimum Gasteiger partial charge on any atom is -0.474 e. The minimum absolute atomic E-state index is 0.509. The van der Waals surface area contributed by atoms with Crippen molar-refractivity contribution in [2.24, 2.45) is 0 Å². The number of hydrogen-bond donors (Lipinski definition) is 0. The Morgan fingerprint density at radius 2 is 0.224 bits per heavy atom. The van der Waals surface area contributed by atoms with Crippen molar-refractivity contribution in [2.75, 3.05) is 0 Å². The summed E-state index contributed by atoms with van der Waals surface area (Å²) < 4.78 is 4.36. The first-order valence-electron chi connectivity index (χ1n) is 38.3. The Balaban J connectivity index is 0.00000102. The van der Waals surface area contributed by atoms with Crippen molar-refractivity contribution in [1.29, 1.82) is 0 Å². The molecular weight excluding hydrogens is 1040 g/mol. The fourth-order valence-corrected chi connectivity index (χ4v) is 12.8. The molecule has 0 aromatic heterocycles. The summed E-state index contributed by atoms with van der Waals surface area (Å²) in [5.41, 5.74) is 0. The van der Waals surface area contributed by atoms with Gasteiger partial charge in [0.25, 0.3) is 0 Å². The van der Waals surface area contributed by atoms with Crippen molar-refractivity contribution in [2.45, 2.75) is 449 Å². The maximum absolute atomic E-state index is 11.5. The zero-order chi connectivity index (χ0) is 61.5. The highest BCUT2D eigenvalue weighted by atomic mass is 16.5. The first kappa shape index (κ1) is 82.6. The van der Waals surface area contributed by atoms with E-state index in [2.05, 4.69) is 17.9 Å². The van der Waals surface area contributed by atoms with Gasteiger partial charge >= 0.3 is 0 Å². The van der Waals surface area contributed by atoms with E-state index in [4.69, 9.17) is 0 Å². The predicted octanol–water partition coefficient (Wildman–Crippen LogP) is 26.4. The Labute approximate surface area is 530 Å². The van der Waals surface area contributed by atoms with Crippen molar-refractivity contribution in [3.8, 4) is 0 Å². The summed E-state index contributed by atoms with van der Waals surface area (Å²) >= 11 is 0. The van der Waals surface area contributed by atoms with Gasteiger partial charge in [-0.3, -0.25) is 24.0 Å². The van der Waals surface area contributed by atoms with Crippen LogP contribution in [-0.4, -0.2) is 28.9 Å². The highest BCUT2D eigenvalue weighted by Crippen LogP contribution is 2.21. The molecule has 6 heteroatoms. The zero-order valence-corrected chi connectivity index (χ0v) is 57.0. The molecule has 5 aliphatic rings. The number of carbonyl (C=O) groups excluding carboxylic acids is 5. The second-order valence-corrected chi connectivity index (χ2v) is 26.9. The fraction of sp³-hybridized carbons (Fsp3) is 0.886. The highest BCUT2D eigenvalue weighted by molar-refractivity contribution is 5.79. The van der Waals surface area contributed by atoms with E-state index < -0.39 is 0 Å². The quantitative estimate of drug-likeness (QED) is 0.256. The normalized spacial score (nSPS) is 22.3.